The molecule has 1 aromatic heterocycles. The van der Waals surface area contributed by atoms with Crippen molar-refractivity contribution in [1.82, 2.24) is 5.43 Å². The second kappa shape index (κ2) is 3.08. The van der Waals surface area contributed by atoms with Crippen molar-refractivity contribution in [1.29, 1.82) is 0 Å². The van der Waals surface area contributed by atoms with Gasteiger partial charge < -0.3 is 5.43 Å². The second-order valence-corrected chi connectivity index (χ2v) is 3.51. The Hall–Kier alpha value is -1.13. The fraction of sp³-hybridized carbons (Fsp3) is 0.125. The first-order valence-electron chi connectivity index (χ1n) is 3.66. The molecule has 0 saturated heterocycles. The van der Waals surface area contributed by atoms with Crippen molar-refractivity contribution in [2.24, 2.45) is 10.8 Å². The van der Waals surface area contributed by atoms with Crippen LogP contribution in [0.4, 0.5) is 0 Å². The third-order valence-corrected chi connectivity index (χ3v) is 2.70. The molecule has 0 radical (unpaired) electrons. The van der Waals surface area contributed by atoms with E-state index in [4.69, 9.17) is 5.84 Å². The quantitative estimate of drug-likeness (QED) is 0.463. The van der Waals surface area contributed by atoms with Crippen LogP contribution in [0.25, 0.3) is 6.08 Å². The van der Waals surface area contributed by atoms with Gasteiger partial charge >= 0.3 is 0 Å². The van der Waals surface area contributed by atoms with E-state index in [0.717, 1.165) is 12.3 Å². The second-order valence-electron chi connectivity index (χ2n) is 2.51. The molecule has 0 aliphatic carbocycles. The summed E-state index contributed by atoms with van der Waals surface area (Å²) in [5.74, 6) is 6.10. The van der Waals surface area contributed by atoms with Gasteiger partial charge in [-0.3, -0.25) is 0 Å². The summed E-state index contributed by atoms with van der Waals surface area (Å²) in [5.41, 5.74) is 3.82. The lowest BCUT2D eigenvalue weighted by atomic mass is 10.2. The van der Waals surface area contributed by atoms with Gasteiger partial charge in [0.05, 0.1) is 0 Å². The highest BCUT2D eigenvalue weighted by atomic mass is 32.1. The van der Waals surface area contributed by atoms with Crippen molar-refractivity contribution in [3.8, 4) is 0 Å². The van der Waals surface area contributed by atoms with Gasteiger partial charge in [0.2, 0.25) is 0 Å². The van der Waals surface area contributed by atoms with Gasteiger partial charge in [-0.1, -0.05) is 0 Å². The molecule has 12 heavy (non-hydrogen) atoms. The molecule has 1 aliphatic heterocycles. The van der Waals surface area contributed by atoms with Crippen LogP contribution in [0.15, 0.2) is 22.6 Å². The lowest BCUT2D eigenvalue weighted by molar-refractivity contribution is 0.994. The number of hydrazine groups is 1. The Morgan fingerprint density at radius 2 is 2.50 bits per heavy atom. The van der Waals surface area contributed by atoms with E-state index in [1.165, 1.54) is 10.4 Å². The third kappa shape index (κ3) is 1.26. The minimum Gasteiger partial charge on any atom is -0.312 e. The molecule has 0 spiro atoms. The zero-order valence-electron chi connectivity index (χ0n) is 6.45. The number of thiophene rings is 1. The van der Waals surface area contributed by atoms with Gasteiger partial charge in [-0.15, -0.1) is 11.3 Å². The van der Waals surface area contributed by atoms with Gasteiger partial charge in [0, 0.05) is 17.5 Å². The molecule has 3 nitrogen and oxygen atoms in total. The molecule has 0 bridgehead atoms. The van der Waals surface area contributed by atoms with E-state index in [-0.39, 0.29) is 0 Å². The molecule has 0 saturated carbocycles. The van der Waals surface area contributed by atoms with Crippen molar-refractivity contribution in [3.05, 3.63) is 28.1 Å². The van der Waals surface area contributed by atoms with E-state index in [2.05, 4.69) is 21.9 Å². The molecule has 62 valence electrons. The third-order valence-electron chi connectivity index (χ3n) is 1.76. The molecule has 0 unspecified atom stereocenters. The van der Waals surface area contributed by atoms with Gasteiger partial charge in [0.15, 0.2) is 0 Å². The number of amidine groups is 1. The average Bonchev–Trinajstić information content (AvgIpc) is 2.43. The first kappa shape index (κ1) is 7.52. The van der Waals surface area contributed by atoms with Crippen molar-refractivity contribution in [2.45, 2.75) is 6.42 Å². The number of rotatable bonds is 0. The van der Waals surface area contributed by atoms with Crippen LogP contribution in [-0.2, 0) is 6.42 Å². The fourth-order valence-electron chi connectivity index (χ4n) is 1.14. The van der Waals surface area contributed by atoms with Crippen LogP contribution in [0.1, 0.15) is 10.4 Å². The maximum atomic E-state index is 5.29. The summed E-state index contributed by atoms with van der Waals surface area (Å²) >= 11 is 1.73. The molecule has 2 rings (SSSR count). The number of fused-ring (bicyclic) bond motifs is 1. The molecule has 0 fully saturated rings. The Balaban J connectivity index is 2.36. The highest BCUT2D eigenvalue weighted by molar-refractivity contribution is 7.10. The van der Waals surface area contributed by atoms with Crippen molar-refractivity contribution in [3.63, 3.8) is 0 Å². The number of nitrogens with one attached hydrogen (secondary N) is 1. The minimum atomic E-state index is 0.802. The molecule has 3 N–H and O–H groups in total. The average molecular weight is 179 g/mol. The predicted octanol–water partition coefficient (Wildman–Crippen LogP) is 1.14. The van der Waals surface area contributed by atoms with Crippen LogP contribution in [0.2, 0.25) is 0 Å². The molecule has 0 amide bonds. The largest absolute Gasteiger partial charge is 0.312 e. The Morgan fingerprint density at radius 3 is 3.33 bits per heavy atom. The minimum absolute atomic E-state index is 0.802. The van der Waals surface area contributed by atoms with E-state index in [1.807, 2.05) is 6.08 Å². The normalized spacial score (nSPS) is 14.9. The fourth-order valence-corrected chi connectivity index (χ4v) is 2.01. The van der Waals surface area contributed by atoms with Crippen LogP contribution in [0, 0.1) is 0 Å². The summed E-state index contributed by atoms with van der Waals surface area (Å²) in [6.45, 7) is 0. The topological polar surface area (TPSA) is 50.4 Å². The van der Waals surface area contributed by atoms with Gasteiger partial charge in [0.25, 0.3) is 0 Å². The highest BCUT2D eigenvalue weighted by Crippen LogP contribution is 2.20. The summed E-state index contributed by atoms with van der Waals surface area (Å²) < 4.78 is 0. The number of hydrogen-bond acceptors (Lipinski definition) is 4. The summed E-state index contributed by atoms with van der Waals surface area (Å²) in [6.07, 6.45) is 4.57. The summed E-state index contributed by atoms with van der Waals surface area (Å²) in [6, 6.07) is 2.09. The smallest absolute Gasteiger partial charge is 0.121 e. The zero-order chi connectivity index (χ0) is 8.39. The monoisotopic (exact) mass is 179 g/mol. The van der Waals surface area contributed by atoms with Crippen LogP contribution in [0.3, 0.4) is 0 Å². The molecular formula is C8H9N3S. The Morgan fingerprint density at radius 1 is 1.58 bits per heavy atom. The van der Waals surface area contributed by atoms with E-state index >= 15 is 0 Å². The lowest BCUT2D eigenvalue weighted by Crippen LogP contribution is -2.31. The number of nitrogens with zero attached hydrogens (tertiary/aromatic N) is 1. The Labute approximate surface area is 74.6 Å². The van der Waals surface area contributed by atoms with Crippen LogP contribution < -0.4 is 11.3 Å². The SMILES string of the molecule is NNC1=NC=Cc2ccsc2C1. The lowest BCUT2D eigenvalue weighted by Gasteiger charge is -2.00. The number of nitrogens with two attached hydrogens (primary N) is 1. The molecule has 4 heteroatoms. The molecule has 1 aromatic rings. The van der Waals surface area contributed by atoms with E-state index in [0.29, 0.717) is 0 Å². The summed E-state index contributed by atoms with van der Waals surface area (Å²) in [4.78, 5) is 5.44. The van der Waals surface area contributed by atoms with Crippen LogP contribution >= 0.6 is 11.3 Å². The van der Waals surface area contributed by atoms with E-state index in [9.17, 15) is 0 Å². The van der Waals surface area contributed by atoms with Gasteiger partial charge in [0.1, 0.15) is 5.84 Å². The van der Waals surface area contributed by atoms with Gasteiger partial charge in [-0.2, -0.15) is 0 Å². The Kier molecular flexibility index (Phi) is 1.93. The molecule has 0 atom stereocenters. The van der Waals surface area contributed by atoms with Gasteiger partial charge in [-0.25, -0.2) is 10.8 Å². The van der Waals surface area contributed by atoms with Crippen molar-refractivity contribution < 1.29 is 0 Å². The number of hydrogen-bond donors (Lipinski definition) is 2. The highest BCUT2D eigenvalue weighted by Gasteiger charge is 2.07. The Bertz CT molecular complexity index is 338. The van der Waals surface area contributed by atoms with Gasteiger partial charge in [-0.05, 0) is 23.1 Å². The van der Waals surface area contributed by atoms with Crippen molar-refractivity contribution in [2.75, 3.05) is 0 Å². The van der Waals surface area contributed by atoms with Crippen LogP contribution in [0.5, 0.6) is 0 Å². The van der Waals surface area contributed by atoms with Crippen LogP contribution in [-0.4, -0.2) is 5.84 Å². The summed E-state index contributed by atoms with van der Waals surface area (Å²) in [7, 11) is 0. The summed E-state index contributed by atoms with van der Waals surface area (Å²) in [5, 5.41) is 2.08. The standard InChI is InChI=1S/C8H9N3S/c9-11-8-5-7-6(1-3-10-8)2-4-12-7/h1-4H,5,9H2,(H,10,11). The molecule has 1 aliphatic rings. The predicted molar refractivity (Wildman–Crippen MR) is 51.8 cm³/mol. The van der Waals surface area contributed by atoms with E-state index in [1.54, 1.807) is 17.5 Å². The maximum absolute atomic E-state index is 5.29. The molecule has 2 heterocycles. The van der Waals surface area contributed by atoms with E-state index < -0.39 is 0 Å². The molecular weight excluding hydrogens is 170 g/mol. The zero-order valence-corrected chi connectivity index (χ0v) is 7.27. The number of aliphatic imine (C=N–C) groups is 1. The maximum Gasteiger partial charge on any atom is 0.121 e. The first-order chi connectivity index (χ1) is 5.90. The first-order valence-corrected chi connectivity index (χ1v) is 4.54. The van der Waals surface area contributed by atoms with Crippen molar-refractivity contribution >= 4 is 23.2 Å². The molecule has 0 aromatic carbocycles.